The summed E-state index contributed by atoms with van der Waals surface area (Å²) in [6.45, 7) is 0.442. The quantitative estimate of drug-likeness (QED) is 0.578. The standard InChI is InChI=1S/C15H17N5O3S2/c1-19(2)25(21,22)14-7-3-5-12(9-14)11-24-15-16-17-18-20(15)10-13-6-4-8-23-13/h3-9H,10-11H2,1-2H3. The number of benzene rings is 1. The Morgan fingerprint density at radius 2 is 2.08 bits per heavy atom. The van der Waals surface area contributed by atoms with Gasteiger partial charge in [0.2, 0.25) is 15.2 Å². The Kier molecular flexibility index (Phi) is 5.21. The van der Waals surface area contributed by atoms with Crippen LogP contribution in [0.4, 0.5) is 0 Å². The van der Waals surface area contributed by atoms with Crippen LogP contribution in [0.25, 0.3) is 0 Å². The average Bonchev–Trinajstić information content (AvgIpc) is 3.25. The summed E-state index contributed by atoms with van der Waals surface area (Å²) in [5.41, 5.74) is 0.875. The van der Waals surface area contributed by atoms with Gasteiger partial charge in [-0.2, -0.15) is 0 Å². The van der Waals surface area contributed by atoms with Gasteiger partial charge in [-0.15, -0.1) is 5.10 Å². The molecule has 0 spiro atoms. The van der Waals surface area contributed by atoms with Gasteiger partial charge in [0.25, 0.3) is 0 Å². The van der Waals surface area contributed by atoms with Gasteiger partial charge in [-0.1, -0.05) is 23.9 Å². The van der Waals surface area contributed by atoms with Crippen LogP contribution in [0.1, 0.15) is 11.3 Å². The van der Waals surface area contributed by atoms with Gasteiger partial charge in [-0.05, 0) is 40.3 Å². The molecular weight excluding hydrogens is 362 g/mol. The van der Waals surface area contributed by atoms with Crippen molar-refractivity contribution in [2.45, 2.75) is 22.3 Å². The van der Waals surface area contributed by atoms with Crippen LogP contribution >= 0.6 is 11.8 Å². The van der Waals surface area contributed by atoms with Gasteiger partial charge in [-0.3, -0.25) is 0 Å². The predicted molar refractivity (Wildman–Crippen MR) is 92.5 cm³/mol. The number of hydrogen-bond donors (Lipinski definition) is 0. The molecule has 0 aliphatic heterocycles. The molecule has 0 aliphatic rings. The lowest BCUT2D eigenvalue weighted by Gasteiger charge is -2.12. The van der Waals surface area contributed by atoms with Crippen LogP contribution in [0.15, 0.2) is 57.1 Å². The summed E-state index contributed by atoms with van der Waals surface area (Å²) < 4.78 is 32.6. The molecule has 0 N–H and O–H groups in total. The van der Waals surface area contributed by atoms with Crippen LogP contribution in [-0.4, -0.2) is 47.0 Å². The maximum absolute atomic E-state index is 12.2. The van der Waals surface area contributed by atoms with Crippen molar-refractivity contribution in [3.05, 3.63) is 54.0 Å². The van der Waals surface area contributed by atoms with E-state index in [0.717, 1.165) is 11.3 Å². The summed E-state index contributed by atoms with van der Waals surface area (Å²) in [6, 6.07) is 10.5. The van der Waals surface area contributed by atoms with Gasteiger partial charge >= 0.3 is 0 Å². The summed E-state index contributed by atoms with van der Waals surface area (Å²) in [5.74, 6) is 1.31. The number of rotatable bonds is 7. The van der Waals surface area contributed by atoms with Crippen LogP contribution in [-0.2, 0) is 22.3 Å². The number of thioether (sulfide) groups is 1. The van der Waals surface area contributed by atoms with E-state index in [-0.39, 0.29) is 4.90 Å². The number of aromatic nitrogens is 4. The first-order valence-electron chi connectivity index (χ1n) is 7.39. The average molecular weight is 379 g/mol. The molecule has 2 aromatic heterocycles. The zero-order valence-corrected chi connectivity index (χ0v) is 15.4. The molecule has 0 atom stereocenters. The molecule has 3 rings (SSSR count). The largest absolute Gasteiger partial charge is 0.467 e. The van der Waals surface area contributed by atoms with Gasteiger partial charge in [0.1, 0.15) is 12.3 Å². The Balaban J connectivity index is 1.72. The van der Waals surface area contributed by atoms with Crippen molar-refractivity contribution < 1.29 is 12.8 Å². The van der Waals surface area contributed by atoms with Crippen molar-refractivity contribution in [1.82, 2.24) is 24.5 Å². The Labute approximate surface area is 149 Å². The maximum Gasteiger partial charge on any atom is 0.242 e. The molecule has 25 heavy (non-hydrogen) atoms. The minimum atomic E-state index is -3.45. The number of nitrogens with zero attached hydrogens (tertiary/aromatic N) is 5. The van der Waals surface area contributed by atoms with Crippen molar-refractivity contribution >= 4 is 21.8 Å². The summed E-state index contributed by atoms with van der Waals surface area (Å²) in [7, 11) is -0.421. The van der Waals surface area contributed by atoms with E-state index < -0.39 is 10.0 Å². The van der Waals surface area contributed by atoms with E-state index in [1.54, 1.807) is 29.1 Å². The fourth-order valence-corrected chi connectivity index (χ4v) is 3.90. The smallest absolute Gasteiger partial charge is 0.242 e. The first kappa shape index (κ1) is 17.6. The molecule has 0 saturated carbocycles. The van der Waals surface area contributed by atoms with Crippen molar-refractivity contribution in [1.29, 1.82) is 0 Å². The van der Waals surface area contributed by atoms with Crippen LogP contribution in [0.5, 0.6) is 0 Å². The van der Waals surface area contributed by atoms with E-state index in [0.29, 0.717) is 17.5 Å². The Morgan fingerprint density at radius 1 is 1.24 bits per heavy atom. The number of hydrogen-bond acceptors (Lipinski definition) is 7. The second-order valence-corrected chi connectivity index (χ2v) is 8.52. The van der Waals surface area contributed by atoms with Gasteiger partial charge in [0.15, 0.2) is 0 Å². The van der Waals surface area contributed by atoms with E-state index in [1.165, 1.54) is 30.2 Å². The summed E-state index contributed by atoms with van der Waals surface area (Å²) in [4.78, 5) is 0.269. The molecule has 0 aliphatic carbocycles. The van der Waals surface area contributed by atoms with Crippen molar-refractivity contribution in [3.63, 3.8) is 0 Å². The SMILES string of the molecule is CN(C)S(=O)(=O)c1cccc(CSc2nnnn2Cc2ccco2)c1. The summed E-state index contributed by atoms with van der Waals surface area (Å²) in [6.07, 6.45) is 1.60. The molecule has 8 nitrogen and oxygen atoms in total. The molecular formula is C15H17N5O3S2. The normalized spacial score (nSPS) is 12.0. The van der Waals surface area contributed by atoms with Crippen molar-refractivity contribution in [3.8, 4) is 0 Å². The lowest BCUT2D eigenvalue weighted by atomic mass is 10.2. The van der Waals surface area contributed by atoms with Crippen LogP contribution in [0, 0.1) is 0 Å². The molecule has 0 fully saturated rings. The Bertz CT molecular complexity index is 936. The lowest BCUT2D eigenvalue weighted by molar-refractivity contribution is 0.462. The van der Waals surface area contributed by atoms with E-state index in [2.05, 4.69) is 15.5 Å². The van der Waals surface area contributed by atoms with Gasteiger partial charge < -0.3 is 4.42 Å². The number of sulfonamides is 1. The maximum atomic E-state index is 12.2. The summed E-state index contributed by atoms with van der Waals surface area (Å²) in [5, 5.41) is 12.3. The topological polar surface area (TPSA) is 94.1 Å². The third-order valence-corrected chi connectivity index (χ3v) is 6.27. The molecule has 0 radical (unpaired) electrons. The fourth-order valence-electron chi connectivity index (χ4n) is 2.10. The zero-order chi connectivity index (χ0) is 17.9. The molecule has 1 aromatic carbocycles. The fraction of sp³-hybridized carbons (Fsp3) is 0.267. The van der Waals surface area contributed by atoms with Crippen molar-refractivity contribution in [2.24, 2.45) is 0 Å². The third-order valence-electron chi connectivity index (χ3n) is 3.43. The van der Waals surface area contributed by atoms with Crippen LogP contribution < -0.4 is 0 Å². The highest BCUT2D eigenvalue weighted by Gasteiger charge is 2.17. The number of tetrazole rings is 1. The van der Waals surface area contributed by atoms with E-state index in [1.807, 2.05) is 18.2 Å². The van der Waals surface area contributed by atoms with Gasteiger partial charge in [0.05, 0.1) is 11.2 Å². The van der Waals surface area contributed by atoms with E-state index in [4.69, 9.17) is 4.42 Å². The highest BCUT2D eigenvalue weighted by atomic mass is 32.2. The van der Waals surface area contributed by atoms with Gasteiger partial charge in [0, 0.05) is 19.8 Å². The minimum absolute atomic E-state index is 0.269. The Hall–Kier alpha value is -2.17. The van der Waals surface area contributed by atoms with E-state index in [9.17, 15) is 8.42 Å². The monoisotopic (exact) mass is 379 g/mol. The molecule has 0 amide bonds. The first-order valence-corrected chi connectivity index (χ1v) is 9.82. The molecule has 132 valence electrons. The second-order valence-electron chi connectivity index (χ2n) is 5.42. The van der Waals surface area contributed by atoms with Crippen LogP contribution in [0.3, 0.4) is 0 Å². The van der Waals surface area contributed by atoms with Crippen LogP contribution in [0.2, 0.25) is 0 Å². The summed E-state index contributed by atoms with van der Waals surface area (Å²) >= 11 is 1.43. The highest BCUT2D eigenvalue weighted by molar-refractivity contribution is 7.98. The first-order chi connectivity index (χ1) is 12.0. The minimum Gasteiger partial charge on any atom is -0.467 e. The molecule has 10 heteroatoms. The second kappa shape index (κ2) is 7.38. The van der Waals surface area contributed by atoms with Crippen molar-refractivity contribution in [2.75, 3.05) is 14.1 Å². The Morgan fingerprint density at radius 3 is 2.80 bits per heavy atom. The third kappa shape index (κ3) is 4.09. The van der Waals surface area contributed by atoms with E-state index >= 15 is 0 Å². The molecule has 0 bridgehead atoms. The predicted octanol–water partition coefficient (Wildman–Crippen LogP) is 1.86. The lowest BCUT2D eigenvalue weighted by Crippen LogP contribution is -2.22. The molecule has 0 saturated heterocycles. The zero-order valence-electron chi connectivity index (χ0n) is 13.7. The molecule has 2 heterocycles. The number of furan rings is 1. The molecule has 0 unspecified atom stereocenters. The molecule has 3 aromatic rings. The van der Waals surface area contributed by atoms with Gasteiger partial charge in [-0.25, -0.2) is 17.4 Å². The highest BCUT2D eigenvalue weighted by Crippen LogP contribution is 2.23.